The Morgan fingerprint density at radius 1 is 1.20 bits per heavy atom. The molecule has 2 aromatic carbocycles. The molecule has 1 N–H and O–H groups in total. The van der Waals surface area contributed by atoms with Crippen molar-refractivity contribution < 1.29 is 13.6 Å². The molecule has 0 unspecified atom stereocenters. The van der Waals surface area contributed by atoms with Crippen molar-refractivity contribution in [1.82, 2.24) is 14.9 Å². The number of thioether (sulfide) groups is 1. The predicted molar refractivity (Wildman–Crippen MR) is 94.9 cm³/mol. The third-order valence-electron chi connectivity index (χ3n) is 3.52. The van der Waals surface area contributed by atoms with Crippen LogP contribution in [0.3, 0.4) is 0 Å². The number of fused-ring (bicyclic) bond motifs is 1. The molecule has 1 aromatic heterocycles. The fraction of sp³-hybridized carbons (Fsp3) is 0.176. The van der Waals surface area contributed by atoms with Crippen molar-refractivity contribution in [2.75, 3.05) is 0 Å². The molecule has 1 amide bonds. The highest BCUT2D eigenvalue weighted by atomic mass is 35.5. The number of hydrogen-bond acceptors (Lipinski definition) is 3. The standard InChI is InChI=1S/C17H14ClF2N3OS/c18-12-7-5-11(6-8-12)9-21-15(24)10-23-14-4-2-1-3-13(14)22-17(23)25-16(19)20/h1-8,16H,9-10H2,(H,21,24). The zero-order valence-electron chi connectivity index (χ0n) is 13.0. The molecule has 0 aliphatic rings. The van der Waals surface area contributed by atoms with Gasteiger partial charge in [0.1, 0.15) is 6.54 Å². The number of nitrogens with zero attached hydrogens (tertiary/aromatic N) is 2. The second-order valence-electron chi connectivity index (χ2n) is 5.25. The van der Waals surface area contributed by atoms with Crippen molar-refractivity contribution >= 4 is 40.3 Å². The summed E-state index contributed by atoms with van der Waals surface area (Å²) < 4.78 is 27.0. The molecule has 0 spiro atoms. The Balaban J connectivity index is 1.74. The molecule has 25 heavy (non-hydrogen) atoms. The molecule has 0 radical (unpaired) electrons. The first-order valence-corrected chi connectivity index (χ1v) is 8.70. The molecule has 0 bridgehead atoms. The number of rotatable bonds is 6. The van der Waals surface area contributed by atoms with E-state index in [1.54, 1.807) is 36.4 Å². The average molecular weight is 382 g/mol. The highest BCUT2D eigenvalue weighted by molar-refractivity contribution is 7.99. The summed E-state index contributed by atoms with van der Waals surface area (Å²) in [5.74, 6) is -2.89. The summed E-state index contributed by atoms with van der Waals surface area (Å²) in [5.41, 5.74) is 2.12. The fourth-order valence-electron chi connectivity index (χ4n) is 2.38. The van der Waals surface area contributed by atoms with Crippen LogP contribution >= 0.6 is 23.4 Å². The third-order valence-corrected chi connectivity index (χ3v) is 4.47. The lowest BCUT2D eigenvalue weighted by molar-refractivity contribution is -0.121. The lowest BCUT2D eigenvalue weighted by Gasteiger charge is -2.09. The van der Waals surface area contributed by atoms with Crippen molar-refractivity contribution in [3.05, 3.63) is 59.1 Å². The Kier molecular flexibility index (Phi) is 5.55. The fourth-order valence-corrected chi connectivity index (χ4v) is 3.10. The number of carbonyl (C=O) groups is 1. The number of benzene rings is 2. The minimum atomic E-state index is -2.60. The minimum absolute atomic E-state index is 0.0802. The van der Waals surface area contributed by atoms with E-state index < -0.39 is 5.76 Å². The Labute approximate surface area is 152 Å². The molecule has 130 valence electrons. The highest BCUT2D eigenvalue weighted by Crippen LogP contribution is 2.28. The van der Waals surface area contributed by atoms with Crippen LogP contribution in [-0.4, -0.2) is 21.2 Å². The van der Waals surface area contributed by atoms with Crippen LogP contribution in [0.15, 0.2) is 53.7 Å². The summed E-state index contributed by atoms with van der Waals surface area (Å²) >= 11 is 6.16. The molecular formula is C17H14ClF2N3OS. The van der Waals surface area contributed by atoms with E-state index in [-0.39, 0.29) is 17.6 Å². The monoisotopic (exact) mass is 381 g/mol. The van der Waals surface area contributed by atoms with Crippen molar-refractivity contribution in [2.45, 2.75) is 24.0 Å². The van der Waals surface area contributed by atoms with E-state index in [9.17, 15) is 13.6 Å². The summed E-state index contributed by atoms with van der Waals surface area (Å²) in [6.07, 6.45) is 0. The van der Waals surface area contributed by atoms with Crippen LogP contribution in [0, 0.1) is 0 Å². The van der Waals surface area contributed by atoms with Gasteiger partial charge in [0, 0.05) is 11.6 Å². The van der Waals surface area contributed by atoms with Crippen LogP contribution < -0.4 is 5.32 Å². The van der Waals surface area contributed by atoms with Gasteiger partial charge in [0.2, 0.25) is 5.91 Å². The second-order valence-corrected chi connectivity index (χ2v) is 6.64. The molecule has 0 aliphatic carbocycles. The van der Waals surface area contributed by atoms with Crippen LogP contribution in [0.4, 0.5) is 8.78 Å². The largest absolute Gasteiger partial charge is 0.350 e. The maximum Gasteiger partial charge on any atom is 0.291 e. The lowest BCUT2D eigenvalue weighted by Crippen LogP contribution is -2.27. The molecular weight excluding hydrogens is 368 g/mol. The lowest BCUT2D eigenvalue weighted by atomic mass is 10.2. The van der Waals surface area contributed by atoms with Crippen LogP contribution in [0.25, 0.3) is 11.0 Å². The van der Waals surface area contributed by atoms with E-state index in [2.05, 4.69) is 10.3 Å². The smallest absolute Gasteiger partial charge is 0.291 e. The molecule has 3 rings (SSSR count). The number of alkyl halides is 2. The van der Waals surface area contributed by atoms with E-state index in [4.69, 9.17) is 11.6 Å². The van der Waals surface area contributed by atoms with Gasteiger partial charge >= 0.3 is 0 Å². The van der Waals surface area contributed by atoms with Gasteiger partial charge in [0.05, 0.1) is 11.0 Å². The van der Waals surface area contributed by atoms with Crippen molar-refractivity contribution in [1.29, 1.82) is 0 Å². The van der Waals surface area contributed by atoms with E-state index in [1.165, 1.54) is 4.57 Å². The number of nitrogens with one attached hydrogen (secondary N) is 1. The Bertz CT molecular complexity index is 883. The molecule has 3 aromatic rings. The summed E-state index contributed by atoms with van der Waals surface area (Å²) in [4.78, 5) is 16.4. The number of imidazole rings is 1. The molecule has 0 fully saturated rings. The summed E-state index contributed by atoms with van der Waals surface area (Å²) in [7, 11) is 0. The molecule has 0 saturated carbocycles. The van der Waals surface area contributed by atoms with E-state index in [1.807, 2.05) is 12.1 Å². The normalized spacial score (nSPS) is 11.2. The van der Waals surface area contributed by atoms with Gasteiger partial charge in [-0.3, -0.25) is 4.79 Å². The molecule has 0 saturated heterocycles. The summed E-state index contributed by atoms with van der Waals surface area (Å²) in [5, 5.41) is 3.52. The van der Waals surface area contributed by atoms with Gasteiger partial charge in [-0.15, -0.1) is 0 Å². The first-order valence-electron chi connectivity index (χ1n) is 7.44. The number of halogens is 3. The quantitative estimate of drug-likeness (QED) is 0.647. The van der Waals surface area contributed by atoms with Crippen LogP contribution in [0.2, 0.25) is 5.02 Å². The SMILES string of the molecule is O=C(Cn1c(SC(F)F)nc2ccccc21)NCc1ccc(Cl)cc1. The zero-order valence-corrected chi connectivity index (χ0v) is 14.5. The van der Waals surface area contributed by atoms with Crippen molar-refractivity contribution in [3.63, 3.8) is 0 Å². The zero-order chi connectivity index (χ0) is 17.8. The number of carbonyl (C=O) groups excluding carboxylic acids is 1. The number of para-hydroxylation sites is 2. The minimum Gasteiger partial charge on any atom is -0.350 e. The van der Waals surface area contributed by atoms with Crippen molar-refractivity contribution in [3.8, 4) is 0 Å². The molecule has 0 aliphatic heterocycles. The Morgan fingerprint density at radius 3 is 2.64 bits per heavy atom. The first kappa shape index (κ1) is 17.7. The number of aromatic nitrogens is 2. The number of amides is 1. The Morgan fingerprint density at radius 2 is 1.92 bits per heavy atom. The van der Waals surface area contributed by atoms with Gasteiger partial charge in [-0.25, -0.2) is 4.98 Å². The summed E-state index contributed by atoms with van der Waals surface area (Å²) in [6.45, 7) is 0.253. The van der Waals surface area contributed by atoms with Crippen molar-refractivity contribution in [2.24, 2.45) is 0 Å². The molecule has 1 heterocycles. The van der Waals surface area contributed by atoms with Crippen LogP contribution in [0.1, 0.15) is 5.56 Å². The van der Waals surface area contributed by atoms with Gasteiger partial charge < -0.3 is 9.88 Å². The van der Waals surface area contributed by atoms with E-state index in [0.717, 1.165) is 5.56 Å². The second kappa shape index (κ2) is 7.84. The molecule has 8 heteroatoms. The predicted octanol–water partition coefficient (Wildman–Crippen LogP) is 4.32. The first-order chi connectivity index (χ1) is 12.0. The average Bonchev–Trinajstić information content (AvgIpc) is 2.91. The number of hydrogen-bond donors (Lipinski definition) is 1. The Hall–Kier alpha value is -2.12. The topological polar surface area (TPSA) is 46.9 Å². The van der Waals surface area contributed by atoms with Gasteiger partial charge in [0.25, 0.3) is 5.76 Å². The van der Waals surface area contributed by atoms with Crippen LogP contribution in [-0.2, 0) is 17.9 Å². The van der Waals surface area contributed by atoms with E-state index in [0.29, 0.717) is 34.4 Å². The van der Waals surface area contributed by atoms with Gasteiger partial charge in [-0.1, -0.05) is 35.9 Å². The third kappa shape index (κ3) is 4.49. The molecule has 4 nitrogen and oxygen atoms in total. The van der Waals surface area contributed by atoms with Gasteiger partial charge in [0.15, 0.2) is 5.16 Å². The van der Waals surface area contributed by atoms with Crippen LogP contribution in [0.5, 0.6) is 0 Å². The summed E-state index contributed by atoms with van der Waals surface area (Å²) in [6, 6.07) is 14.1. The highest BCUT2D eigenvalue weighted by Gasteiger charge is 2.17. The molecule has 0 atom stereocenters. The van der Waals surface area contributed by atoms with Gasteiger partial charge in [-0.2, -0.15) is 8.78 Å². The van der Waals surface area contributed by atoms with E-state index >= 15 is 0 Å². The maximum absolute atomic E-state index is 12.8. The maximum atomic E-state index is 12.8. The van der Waals surface area contributed by atoms with Gasteiger partial charge in [-0.05, 0) is 41.6 Å².